The second-order valence-electron chi connectivity index (χ2n) is 4.84. The Morgan fingerprint density at radius 2 is 2.11 bits per heavy atom. The van der Waals surface area contributed by atoms with E-state index < -0.39 is 5.56 Å². The summed E-state index contributed by atoms with van der Waals surface area (Å²) >= 11 is 0. The molecule has 1 heterocycles. The van der Waals surface area contributed by atoms with Crippen LogP contribution in [0.1, 0.15) is 35.3 Å². The molecule has 0 saturated carbocycles. The number of Topliss-reactive ketones (excluding diaryl/α,β-unsaturated/α-hetero) is 1. The van der Waals surface area contributed by atoms with Gasteiger partial charge in [0.05, 0.1) is 18.2 Å². The molecule has 2 N–H and O–H groups in total. The number of aromatic amines is 1. The van der Waals surface area contributed by atoms with Gasteiger partial charge < -0.3 is 14.8 Å². The zero-order valence-corrected chi connectivity index (χ0v) is 10.6. The van der Waals surface area contributed by atoms with Crippen LogP contribution in [-0.2, 0) is 0 Å². The molecule has 5 heteroatoms. The average molecular weight is 259 g/mol. The van der Waals surface area contributed by atoms with Gasteiger partial charge in [0, 0.05) is 17.9 Å². The van der Waals surface area contributed by atoms with E-state index in [-0.39, 0.29) is 22.8 Å². The van der Waals surface area contributed by atoms with Crippen molar-refractivity contribution in [1.82, 2.24) is 4.98 Å². The lowest BCUT2D eigenvalue weighted by molar-refractivity contribution is 0.0986. The van der Waals surface area contributed by atoms with Gasteiger partial charge in [0.15, 0.2) is 5.78 Å². The third-order valence-electron chi connectivity index (χ3n) is 3.62. The highest BCUT2D eigenvalue weighted by atomic mass is 16.5. The summed E-state index contributed by atoms with van der Waals surface area (Å²) in [4.78, 5) is 26.4. The Morgan fingerprint density at radius 1 is 1.37 bits per heavy atom. The summed E-state index contributed by atoms with van der Waals surface area (Å²) in [7, 11) is 1.49. The number of ether oxygens (including phenoxy) is 1. The number of pyridine rings is 1. The van der Waals surface area contributed by atoms with Crippen LogP contribution in [0.25, 0.3) is 10.8 Å². The van der Waals surface area contributed by atoms with E-state index in [1.165, 1.54) is 13.2 Å². The summed E-state index contributed by atoms with van der Waals surface area (Å²) in [5.74, 6) is 0.284. The van der Waals surface area contributed by atoms with Crippen LogP contribution in [0.2, 0.25) is 0 Å². The van der Waals surface area contributed by atoms with Gasteiger partial charge >= 0.3 is 0 Å². The van der Waals surface area contributed by atoms with E-state index in [0.717, 1.165) is 5.56 Å². The molecule has 0 fully saturated rings. The number of benzene rings is 1. The molecule has 2 aromatic rings. The van der Waals surface area contributed by atoms with Crippen molar-refractivity contribution < 1.29 is 14.6 Å². The smallest absolute Gasteiger partial charge is 0.260 e. The molecule has 0 aliphatic heterocycles. The van der Waals surface area contributed by atoms with Gasteiger partial charge in [0.1, 0.15) is 11.5 Å². The molecule has 0 unspecified atom stereocenters. The number of phenols is 1. The number of methoxy groups -OCH3 is 1. The predicted octanol–water partition coefficient (Wildman–Crippen LogP) is 1.93. The highest BCUT2D eigenvalue weighted by Gasteiger charge is 2.30. The first-order chi connectivity index (χ1) is 9.02. The summed E-state index contributed by atoms with van der Waals surface area (Å²) in [6, 6.07) is 3.09. The Labute approximate surface area is 108 Å². The predicted molar refractivity (Wildman–Crippen MR) is 70.1 cm³/mol. The lowest BCUT2D eigenvalue weighted by Crippen LogP contribution is -2.12. The maximum Gasteiger partial charge on any atom is 0.260 e. The molecule has 1 aromatic carbocycles. The number of fused-ring (bicyclic) bond motifs is 3. The zero-order chi connectivity index (χ0) is 13.7. The molecule has 1 aromatic heterocycles. The number of ketones is 1. The van der Waals surface area contributed by atoms with Gasteiger partial charge in [-0.25, -0.2) is 0 Å². The standard InChI is InChI=1S/C14H13NO4/c1-6-3-10(17)13-11(6)8-4-7(19-2)5-9(16)12(8)14(18)15-13/h4-6,16H,3H2,1-2H3,(H,15,18)/t6-/m1/s1. The summed E-state index contributed by atoms with van der Waals surface area (Å²) in [5.41, 5.74) is 0.697. The first-order valence-electron chi connectivity index (χ1n) is 6.03. The molecule has 98 valence electrons. The number of hydrogen-bond acceptors (Lipinski definition) is 4. The van der Waals surface area contributed by atoms with Crippen molar-refractivity contribution in [3.05, 3.63) is 33.7 Å². The van der Waals surface area contributed by atoms with Crippen LogP contribution in [0.5, 0.6) is 11.5 Å². The second kappa shape index (κ2) is 3.85. The first-order valence-corrected chi connectivity index (χ1v) is 6.03. The molecule has 0 amide bonds. The van der Waals surface area contributed by atoms with Crippen LogP contribution in [0.15, 0.2) is 16.9 Å². The molecule has 0 bridgehead atoms. The number of H-pyrrole nitrogens is 1. The summed E-state index contributed by atoms with van der Waals surface area (Å²) in [6.07, 6.45) is 0.377. The quantitative estimate of drug-likeness (QED) is 0.820. The van der Waals surface area contributed by atoms with Crippen molar-refractivity contribution in [1.29, 1.82) is 0 Å². The molecular weight excluding hydrogens is 246 g/mol. The minimum atomic E-state index is -0.448. The lowest BCUT2D eigenvalue weighted by Gasteiger charge is -2.11. The van der Waals surface area contributed by atoms with Gasteiger partial charge in [-0.3, -0.25) is 9.59 Å². The molecule has 0 saturated heterocycles. The summed E-state index contributed by atoms with van der Waals surface area (Å²) in [6.45, 7) is 1.93. The molecular formula is C14H13NO4. The second-order valence-corrected chi connectivity index (χ2v) is 4.84. The minimum absolute atomic E-state index is 0.0216. The van der Waals surface area contributed by atoms with Crippen LogP contribution < -0.4 is 10.3 Å². The fraction of sp³-hybridized carbons (Fsp3) is 0.286. The maximum atomic E-state index is 12.0. The van der Waals surface area contributed by atoms with E-state index in [2.05, 4.69) is 4.98 Å². The monoisotopic (exact) mass is 259 g/mol. The van der Waals surface area contributed by atoms with E-state index in [4.69, 9.17) is 4.74 Å². The highest BCUT2D eigenvalue weighted by Crippen LogP contribution is 2.39. The highest BCUT2D eigenvalue weighted by molar-refractivity contribution is 6.05. The molecule has 0 spiro atoms. The van der Waals surface area contributed by atoms with Gasteiger partial charge in [0.25, 0.3) is 5.56 Å². The molecule has 1 aliphatic carbocycles. The molecule has 19 heavy (non-hydrogen) atoms. The number of phenolic OH excluding ortho intramolecular Hbond substituents is 1. The fourth-order valence-electron chi connectivity index (χ4n) is 2.76. The Kier molecular flexibility index (Phi) is 2.38. The van der Waals surface area contributed by atoms with Crippen molar-refractivity contribution >= 4 is 16.6 Å². The van der Waals surface area contributed by atoms with Crippen molar-refractivity contribution in [2.45, 2.75) is 19.3 Å². The summed E-state index contributed by atoms with van der Waals surface area (Å²) in [5, 5.41) is 10.8. The SMILES string of the molecule is COc1cc(O)c2c(=O)[nH]c3c(c2c1)[C@H](C)CC3=O. The number of aromatic nitrogens is 1. The maximum absolute atomic E-state index is 12.0. The molecule has 5 nitrogen and oxygen atoms in total. The molecule has 0 radical (unpaired) electrons. The normalized spacial score (nSPS) is 17.8. The summed E-state index contributed by atoms with van der Waals surface area (Å²) < 4.78 is 5.11. The number of carbonyl (C=O) groups is 1. The third kappa shape index (κ3) is 1.54. The van der Waals surface area contributed by atoms with Crippen LogP contribution in [0, 0.1) is 0 Å². The van der Waals surface area contributed by atoms with Crippen LogP contribution in [-0.4, -0.2) is 23.0 Å². The van der Waals surface area contributed by atoms with Gasteiger partial charge in [0.2, 0.25) is 0 Å². The zero-order valence-electron chi connectivity index (χ0n) is 10.6. The Morgan fingerprint density at radius 3 is 2.79 bits per heavy atom. The van der Waals surface area contributed by atoms with Crippen LogP contribution in [0.4, 0.5) is 0 Å². The number of nitrogens with one attached hydrogen (secondary N) is 1. The van der Waals surface area contributed by atoms with Crippen molar-refractivity contribution in [3.63, 3.8) is 0 Å². The Bertz CT molecular complexity index is 760. The van der Waals surface area contributed by atoms with Gasteiger partial charge in [-0.15, -0.1) is 0 Å². The number of carbonyl (C=O) groups excluding carboxylic acids is 1. The van der Waals surface area contributed by atoms with E-state index in [1.807, 2.05) is 6.92 Å². The van der Waals surface area contributed by atoms with Gasteiger partial charge in [-0.05, 0) is 17.5 Å². The first kappa shape index (κ1) is 11.8. The Hall–Kier alpha value is -2.30. The van der Waals surface area contributed by atoms with E-state index in [1.54, 1.807) is 6.07 Å². The van der Waals surface area contributed by atoms with E-state index in [9.17, 15) is 14.7 Å². The lowest BCUT2D eigenvalue weighted by atomic mass is 9.98. The fourth-order valence-corrected chi connectivity index (χ4v) is 2.76. The van der Waals surface area contributed by atoms with Crippen molar-refractivity contribution in [3.8, 4) is 11.5 Å². The Balaban J connectivity index is 2.51. The number of rotatable bonds is 1. The average Bonchev–Trinajstić information content (AvgIpc) is 2.64. The van der Waals surface area contributed by atoms with Crippen LogP contribution in [0.3, 0.4) is 0 Å². The topological polar surface area (TPSA) is 79.4 Å². The van der Waals surface area contributed by atoms with Gasteiger partial charge in [-0.2, -0.15) is 0 Å². The van der Waals surface area contributed by atoms with E-state index >= 15 is 0 Å². The largest absolute Gasteiger partial charge is 0.507 e. The van der Waals surface area contributed by atoms with Gasteiger partial charge in [-0.1, -0.05) is 6.92 Å². The van der Waals surface area contributed by atoms with E-state index in [0.29, 0.717) is 23.3 Å². The molecule has 1 atom stereocenters. The van der Waals surface area contributed by atoms with Crippen LogP contribution >= 0.6 is 0 Å². The number of hydrogen-bond donors (Lipinski definition) is 2. The third-order valence-corrected chi connectivity index (χ3v) is 3.62. The molecule has 3 rings (SSSR count). The minimum Gasteiger partial charge on any atom is -0.507 e. The van der Waals surface area contributed by atoms with Crippen molar-refractivity contribution in [2.24, 2.45) is 0 Å². The molecule has 1 aliphatic rings. The van der Waals surface area contributed by atoms with Crippen molar-refractivity contribution in [2.75, 3.05) is 7.11 Å². The number of aromatic hydroxyl groups is 1.